The van der Waals surface area contributed by atoms with Gasteiger partial charge < -0.3 is 30.6 Å². The van der Waals surface area contributed by atoms with Gasteiger partial charge in [-0.1, -0.05) is 30.3 Å². The van der Waals surface area contributed by atoms with Gasteiger partial charge in [-0.15, -0.1) is 0 Å². The summed E-state index contributed by atoms with van der Waals surface area (Å²) in [6.45, 7) is 1.98. The SMILES string of the molecule is COc1cccc(-c2cc(C(=O)Nc3ccc(-c4ccc(OC5CCNCC5)cc4)c(N)c3)ccc2OC)c1. The van der Waals surface area contributed by atoms with E-state index in [2.05, 4.69) is 10.6 Å². The molecule has 0 atom stereocenters. The van der Waals surface area contributed by atoms with Crippen molar-refractivity contribution in [1.82, 2.24) is 5.32 Å². The number of methoxy groups -OCH3 is 2. The molecule has 1 heterocycles. The monoisotopic (exact) mass is 523 g/mol. The third kappa shape index (κ3) is 6.16. The number of nitrogens with one attached hydrogen (secondary N) is 2. The fraction of sp³-hybridized carbons (Fsp3) is 0.219. The van der Waals surface area contributed by atoms with E-state index in [9.17, 15) is 4.79 Å². The molecular formula is C32H33N3O4. The van der Waals surface area contributed by atoms with Gasteiger partial charge >= 0.3 is 0 Å². The van der Waals surface area contributed by atoms with Crippen molar-refractivity contribution >= 4 is 17.3 Å². The predicted molar refractivity (Wildman–Crippen MR) is 156 cm³/mol. The minimum Gasteiger partial charge on any atom is -0.497 e. The zero-order valence-corrected chi connectivity index (χ0v) is 22.2. The first kappa shape index (κ1) is 26.1. The number of carbonyl (C=O) groups is 1. The van der Waals surface area contributed by atoms with E-state index in [-0.39, 0.29) is 12.0 Å². The van der Waals surface area contributed by atoms with Gasteiger partial charge in [0, 0.05) is 28.1 Å². The van der Waals surface area contributed by atoms with Crippen LogP contribution in [-0.2, 0) is 0 Å². The summed E-state index contributed by atoms with van der Waals surface area (Å²) in [7, 11) is 3.23. The summed E-state index contributed by atoms with van der Waals surface area (Å²) in [6, 6.07) is 26.5. The van der Waals surface area contributed by atoms with E-state index in [4.69, 9.17) is 19.9 Å². The van der Waals surface area contributed by atoms with Crippen LogP contribution in [0.15, 0.2) is 84.9 Å². The molecule has 7 nitrogen and oxygen atoms in total. The third-order valence-corrected chi connectivity index (χ3v) is 6.91. The largest absolute Gasteiger partial charge is 0.497 e. The van der Waals surface area contributed by atoms with Crippen molar-refractivity contribution < 1.29 is 19.0 Å². The molecule has 200 valence electrons. The Bertz CT molecular complexity index is 1450. The van der Waals surface area contributed by atoms with Gasteiger partial charge in [0.15, 0.2) is 0 Å². The average Bonchev–Trinajstić information content (AvgIpc) is 2.98. The number of piperidine rings is 1. The van der Waals surface area contributed by atoms with Crippen molar-refractivity contribution in [2.45, 2.75) is 18.9 Å². The molecule has 1 fully saturated rings. The van der Waals surface area contributed by atoms with E-state index in [1.807, 2.05) is 66.7 Å². The number of nitrogens with two attached hydrogens (primary N) is 1. The van der Waals surface area contributed by atoms with Crippen molar-refractivity contribution in [1.29, 1.82) is 0 Å². The van der Waals surface area contributed by atoms with E-state index in [1.165, 1.54) is 0 Å². The summed E-state index contributed by atoms with van der Waals surface area (Å²) >= 11 is 0. The highest BCUT2D eigenvalue weighted by Crippen LogP contribution is 2.34. The van der Waals surface area contributed by atoms with Crippen LogP contribution in [0.3, 0.4) is 0 Å². The smallest absolute Gasteiger partial charge is 0.255 e. The summed E-state index contributed by atoms with van der Waals surface area (Å²) < 4.78 is 17.0. The standard InChI is InChI=1S/C32H33N3O4/c1-37-27-5-3-4-22(18-27)29-19-23(8-13-31(29)38-2)32(36)35-24-9-12-28(30(33)20-24)21-6-10-25(11-7-21)39-26-14-16-34-17-15-26/h3-13,18-20,26,34H,14-17,33H2,1-2H3,(H,35,36). The van der Waals surface area contributed by atoms with Gasteiger partial charge in [0.2, 0.25) is 0 Å². The normalized spacial score (nSPS) is 13.5. The molecule has 0 spiro atoms. The molecule has 4 aromatic carbocycles. The molecule has 0 aromatic heterocycles. The summed E-state index contributed by atoms with van der Waals surface area (Å²) in [5, 5.41) is 6.31. The molecule has 1 amide bonds. The molecule has 1 saturated heterocycles. The van der Waals surface area contributed by atoms with Gasteiger partial charge in [-0.3, -0.25) is 4.79 Å². The van der Waals surface area contributed by atoms with Crippen LogP contribution < -0.4 is 30.6 Å². The average molecular weight is 524 g/mol. The maximum absolute atomic E-state index is 13.2. The van der Waals surface area contributed by atoms with Crippen LogP contribution in [0.1, 0.15) is 23.2 Å². The third-order valence-electron chi connectivity index (χ3n) is 6.91. The Hall–Kier alpha value is -4.49. The zero-order chi connectivity index (χ0) is 27.2. The second-order valence-corrected chi connectivity index (χ2v) is 9.49. The minimum absolute atomic E-state index is 0.242. The number of ether oxygens (including phenoxy) is 3. The lowest BCUT2D eigenvalue weighted by Crippen LogP contribution is -2.34. The summed E-state index contributed by atoms with van der Waals surface area (Å²) in [4.78, 5) is 13.2. The highest BCUT2D eigenvalue weighted by atomic mass is 16.5. The van der Waals surface area contributed by atoms with Crippen LogP contribution in [-0.4, -0.2) is 39.3 Å². The highest BCUT2D eigenvalue weighted by molar-refractivity contribution is 6.05. The molecule has 39 heavy (non-hydrogen) atoms. The van der Waals surface area contributed by atoms with Crippen molar-refractivity contribution in [2.75, 3.05) is 38.4 Å². The van der Waals surface area contributed by atoms with Gasteiger partial charge in [-0.2, -0.15) is 0 Å². The molecular weight excluding hydrogens is 490 g/mol. The quantitative estimate of drug-likeness (QED) is 0.245. The molecule has 1 aliphatic heterocycles. The highest BCUT2D eigenvalue weighted by Gasteiger charge is 2.16. The fourth-order valence-corrected chi connectivity index (χ4v) is 4.79. The Morgan fingerprint density at radius 1 is 0.821 bits per heavy atom. The van der Waals surface area contributed by atoms with Gasteiger partial charge in [-0.25, -0.2) is 0 Å². The molecule has 0 radical (unpaired) electrons. The fourth-order valence-electron chi connectivity index (χ4n) is 4.79. The number of nitrogen functional groups attached to an aromatic ring is 1. The first-order valence-corrected chi connectivity index (χ1v) is 13.0. The Morgan fingerprint density at radius 3 is 2.33 bits per heavy atom. The van der Waals surface area contributed by atoms with E-state index in [0.717, 1.165) is 59.7 Å². The van der Waals surface area contributed by atoms with Crippen molar-refractivity contribution in [2.24, 2.45) is 0 Å². The Labute approximate surface area is 228 Å². The van der Waals surface area contributed by atoms with Crippen LogP contribution in [0.5, 0.6) is 17.2 Å². The molecule has 0 unspecified atom stereocenters. The van der Waals surface area contributed by atoms with Gasteiger partial charge in [-0.05, 0) is 91.7 Å². The summed E-state index contributed by atoms with van der Waals surface area (Å²) in [5.41, 5.74) is 11.7. The second kappa shape index (κ2) is 11.9. The maximum atomic E-state index is 13.2. The number of hydrogen-bond donors (Lipinski definition) is 3. The molecule has 4 aromatic rings. The lowest BCUT2D eigenvalue weighted by Gasteiger charge is -2.23. The number of carbonyl (C=O) groups excluding carboxylic acids is 1. The van der Waals surface area contributed by atoms with E-state index in [1.54, 1.807) is 32.4 Å². The van der Waals surface area contributed by atoms with Crippen LogP contribution >= 0.6 is 0 Å². The number of amides is 1. The van der Waals surface area contributed by atoms with Gasteiger partial charge in [0.05, 0.1) is 14.2 Å². The van der Waals surface area contributed by atoms with Crippen molar-refractivity contribution in [3.8, 4) is 39.5 Å². The topological polar surface area (TPSA) is 94.8 Å². The lowest BCUT2D eigenvalue weighted by molar-refractivity contribution is 0.102. The van der Waals surface area contributed by atoms with Gasteiger partial charge in [0.25, 0.3) is 5.91 Å². The number of anilines is 2. The van der Waals surface area contributed by atoms with Crippen molar-refractivity contribution in [3.05, 3.63) is 90.5 Å². The van der Waals surface area contributed by atoms with Crippen LogP contribution in [0.25, 0.3) is 22.3 Å². The molecule has 1 aliphatic rings. The molecule has 5 rings (SSSR count). The number of rotatable bonds is 8. The Morgan fingerprint density at radius 2 is 1.62 bits per heavy atom. The molecule has 7 heteroatoms. The Balaban J connectivity index is 1.30. The summed E-state index contributed by atoms with van der Waals surface area (Å²) in [6.07, 6.45) is 2.28. The minimum atomic E-state index is -0.242. The zero-order valence-electron chi connectivity index (χ0n) is 22.2. The van der Waals surface area contributed by atoms with Crippen LogP contribution in [0.4, 0.5) is 11.4 Å². The first-order valence-electron chi connectivity index (χ1n) is 13.0. The van der Waals surface area contributed by atoms with E-state index < -0.39 is 0 Å². The van der Waals surface area contributed by atoms with E-state index in [0.29, 0.717) is 22.7 Å². The Kier molecular flexibility index (Phi) is 7.99. The van der Waals surface area contributed by atoms with Crippen LogP contribution in [0.2, 0.25) is 0 Å². The first-order chi connectivity index (χ1) is 19.0. The second-order valence-electron chi connectivity index (χ2n) is 9.49. The predicted octanol–water partition coefficient (Wildman–Crippen LogP) is 6.00. The number of hydrogen-bond acceptors (Lipinski definition) is 6. The lowest BCUT2D eigenvalue weighted by atomic mass is 10.0. The molecule has 0 saturated carbocycles. The molecule has 0 aliphatic carbocycles. The molecule has 0 bridgehead atoms. The van der Waals surface area contributed by atoms with Crippen molar-refractivity contribution in [3.63, 3.8) is 0 Å². The number of benzene rings is 4. The van der Waals surface area contributed by atoms with Crippen LogP contribution in [0, 0.1) is 0 Å². The maximum Gasteiger partial charge on any atom is 0.255 e. The summed E-state index contributed by atoms with van der Waals surface area (Å²) in [5.74, 6) is 2.01. The van der Waals surface area contributed by atoms with E-state index >= 15 is 0 Å². The van der Waals surface area contributed by atoms with Gasteiger partial charge in [0.1, 0.15) is 23.4 Å². The molecule has 4 N–H and O–H groups in total.